The summed E-state index contributed by atoms with van der Waals surface area (Å²) in [4.78, 5) is 14.6. The van der Waals surface area contributed by atoms with Gasteiger partial charge in [-0.05, 0) is 18.9 Å². The van der Waals surface area contributed by atoms with Gasteiger partial charge < -0.3 is 15.2 Å². The molecule has 1 spiro atoms. The molecule has 1 unspecified atom stereocenters. The number of hydrogen-bond donors (Lipinski definition) is 1. The molecule has 2 aliphatic heterocycles. The lowest BCUT2D eigenvalue weighted by molar-refractivity contribution is -0.658. The number of methoxy groups -OCH3 is 1. The lowest BCUT2D eigenvalue weighted by atomic mass is 9.67. The highest BCUT2D eigenvalue weighted by atomic mass is 16.6. The molecule has 1 fully saturated rings. The Bertz CT molecular complexity index is 860. The van der Waals surface area contributed by atoms with Crippen LogP contribution in [-0.2, 0) is 22.0 Å². The molecular formula is C21H26N3O3+. The zero-order chi connectivity index (χ0) is 19.0. The van der Waals surface area contributed by atoms with Crippen molar-refractivity contribution < 1.29 is 18.8 Å². The summed E-state index contributed by atoms with van der Waals surface area (Å²) in [6.07, 6.45) is 4.02. The third-order valence-corrected chi connectivity index (χ3v) is 5.96. The van der Waals surface area contributed by atoms with E-state index in [1.54, 1.807) is 0 Å². The molecule has 0 radical (unpaired) electrons. The molecule has 0 saturated carbocycles. The molecule has 2 aromatic rings. The number of nitrogen functional groups attached to an aromatic ring is 1. The first-order valence-corrected chi connectivity index (χ1v) is 9.36. The molecule has 4 rings (SSSR count). The summed E-state index contributed by atoms with van der Waals surface area (Å²) < 4.78 is 13.0. The first-order chi connectivity index (χ1) is 13.0. The lowest BCUT2D eigenvalue weighted by Gasteiger charge is -2.45. The second kappa shape index (κ2) is 6.76. The number of ether oxygens (including phenoxy) is 2. The zero-order valence-electron chi connectivity index (χ0n) is 15.9. The van der Waals surface area contributed by atoms with E-state index in [0.717, 1.165) is 43.2 Å². The van der Waals surface area contributed by atoms with Crippen molar-refractivity contribution in [2.24, 2.45) is 7.05 Å². The van der Waals surface area contributed by atoms with Crippen LogP contribution in [0.5, 0.6) is 5.75 Å². The van der Waals surface area contributed by atoms with Gasteiger partial charge in [0, 0.05) is 29.2 Å². The molecule has 1 atom stereocenters. The molecule has 6 heteroatoms. The summed E-state index contributed by atoms with van der Waals surface area (Å²) in [5.74, 6) is 1.63. The van der Waals surface area contributed by atoms with Crippen LogP contribution < -0.4 is 19.9 Å². The molecular weight excluding hydrogens is 342 g/mol. The van der Waals surface area contributed by atoms with Gasteiger partial charge in [-0.1, -0.05) is 18.2 Å². The van der Waals surface area contributed by atoms with Gasteiger partial charge in [0.2, 0.25) is 0 Å². The SMILES string of the molecule is COC(=O)C1CC2(CCN(c3cc(N)cc[n+]3C)CC2)c2ccccc2O1. The van der Waals surface area contributed by atoms with Gasteiger partial charge in [-0.2, -0.15) is 0 Å². The number of aromatic nitrogens is 1. The smallest absolute Gasteiger partial charge is 0.347 e. The van der Waals surface area contributed by atoms with E-state index in [-0.39, 0.29) is 11.4 Å². The minimum atomic E-state index is -0.542. The lowest BCUT2D eigenvalue weighted by Crippen LogP contribution is -2.51. The number of aryl methyl sites for hydroxylation is 1. The fraction of sp³-hybridized carbons (Fsp3) is 0.429. The van der Waals surface area contributed by atoms with Crippen LogP contribution in [0.15, 0.2) is 42.6 Å². The average molecular weight is 368 g/mol. The number of pyridine rings is 1. The number of hydrogen-bond acceptors (Lipinski definition) is 5. The van der Waals surface area contributed by atoms with Crippen molar-refractivity contribution in [1.82, 2.24) is 0 Å². The molecule has 0 amide bonds. The molecule has 2 aliphatic rings. The number of carbonyl (C=O) groups is 1. The van der Waals surface area contributed by atoms with E-state index in [2.05, 4.69) is 15.5 Å². The van der Waals surface area contributed by atoms with Crippen LogP contribution in [0.2, 0.25) is 0 Å². The summed E-state index contributed by atoms with van der Waals surface area (Å²) in [7, 11) is 3.46. The minimum absolute atomic E-state index is 0.0664. The van der Waals surface area contributed by atoms with Crippen LogP contribution in [0, 0.1) is 0 Å². The Morgan fingerprint density at radius 2 is 2.04 bits per heavy atom. The maximum absolute atomic E-state index is 12.2. The van der Waals surface area contributed by atoms with E-state index < -0.39 is 6.10 Å². The van der Waals surface area contributed by atoms with E-state index in [0.29, 0.717) is 6.42 Å². The fourth-order valence-electron chi connectivity index (χ4n) is 4.46. The number of carbonyl (C=O) groups excluding carboxylic acids is 1. The quantitative estimate of drug-likeness (QED) is 0.648. The van der Waals surface area contributed by atoms with Crippen LogP contribution in [-0.4, -0.2) is 32.3 Å². The highest BCUT2D eigenvalue weighted by Gasteiger charge is 2.47. The topological polar surface area (TPSA) is 68.7 Å². The Morgan fingerprint density at radius 3 is 2.78 bits per heavy atom. The van der Waals surface area contributed by atoms with Gasteiger partial charge in [-0.15, -0.1) is 0 Å². The van der Waals surface area contributed by atoms with Crippen LogP contribution in [0.3, 0.4) is 0 Å². The zero-order valence-corrected chi connectivity index (χ0v) is 15.9. The molecule has 3 heterocycles. The highest BCUT2D eigenvalue weighted by molar-refractivity contribution is 5.76. The number of nitrogens with zero attached hydrogens (tertiary/aromatic N) is 2. The molecule has 6 nitrogen and oxygen atoms in total. The molecule has 2 N–H and O–H groups in total. The average Bonchev–Trinajstić information content (AvgIpc) is 2.70. The van der Waals surface area contributed by atoms with Gasteiger partial charge in [-0.3, -0.25) is 4.90 Å². The summed E-state index contributed by atoms with van der Waals surface area (Å²) in [5.41, 5.74) is 7.91. The van der Waals surface area contributed by atoms with E-state index in [9.17, 15) is 4.79 Å². The molecule has 1 aromatic carbocycles. The van der Waals surface area contributed by atoms with E-state index in [1.165, 1.54) is 12.7 Å². The minimum Gasteiger partial charge on any atom is -0.478 e. The number of esters is 1. The van der Waals surface area contributed by atoms with Gasteiger partial charge in [0.1, 0.15) is 5.75 Å². The largest absolute Gasteiger partial charge is 0.478 e. The summed E-state index contributed by atoms with van der Waals surface area (Å²) in [6.45, 7) is 1.80. The summed E-state index contributed by atoms with van der Waals surface area (Å²) in [6, 6.07) is 12.0. The van der Waals surface area contributed by atoms with Gasteiger partial charge >= 0.3 is 5.97 Å². The normalized spacial score (nSPS) is 20.7. The molecule has 1 saturated heterocycles. The van der Waals surface area contributed by atoms with Crippen molar-refractivity contribution in [2.45, 2.75) is 30.8 Å². The third kappa shape index (κ3) is 3.09. The predicted molar refractivity (Wildman–Crippen MR) is 103 cm³/mol. The van der Waals surface area contributed by atoms with Gasteiger partial charge in [-0.25, -0.2) is 9.36 Å². The Kier molecular flexibility index (Phi) is 4.42. The first-order valence-electron chi connectivity index (χ1n) is 9.36. The summed E-state index contributed by atoms with van der Waals surface area (Å²) in [5, 5.41) is 0. The van der Waals surface area contributed by atoms with Crippen molar-refractivity contribution in [3.8, 4) is 5.75 Å². The van der Waals surface area contributed by atoms with Gasteiger partial charge in [0.15, 0.2) is 6.10 Å². The van der Waals surface area contributed by atoms with Crippen molar-refractivity contribution in [3.63, 3.8) is 0 Å². The molecule has 0 bridgehead atoms. The van der Waals surface area contributed by atoms with Crippen LogP contribution in [0.25, 0.3) is 0 Å². The van der Waals surface area contributed by atoms with Crippen molar-refractivity contribution in [3.05, 3.63) is 48.2 Å². The highest BCUT2D eigenvalue weighted by Crippen LogP contribution is 2.47. The Hall–Kier alpha value is -2.76. The first kappa shape index (κ1) is 17.6. The number of piperidine rings is 1. The van der Waals surface area contributed by atoms with E-state index in [1.807, 2.05) is 43.6 Å². The maximum atomic E-state index is 12.2. The third-order valence-electron chi connectivity index (χ3n) is 5.96. The Labute approximate surface area is 159 Å². The van der Waals surface area contributed by atoms with Crippen LogP contribution >= 0.6 is 0 Å². The number of para-hydroxylation sites is 1. The van der Waals surface area contributed by atoms with Crippen molar-refractivity contribution >= 4 is 17.5 Å². The second-order valence-electron chi connectivity index (χ2n) is 7.53. The summed E-state index contributed by atoms with van der Waals surface area (Å²) >= 11 is 0. The maximum Gasteiger partial charge on any atom is 0.347 e. The molecule has 1 aromatic heterocycles. The van der Waals surface area contributed by atoms with E-state index >= 15 is 0 Å². The van der Waals surface area contributed by atoms with Crippen molar-refractivity contribution in [2.75, 3.05) is 30.8 Å². The van der Waals surface area contributed by atoms with Crippen LogP contribution in [0.4, 0.5) is 11.5 Å². The number of rotatable bonds is 2. The van der Waals surface area contributed by atoms with E-state index in [4.69, 9.17) is 15.2 Å². The van der Waals surface area contributed by atoms with Crippen molar-refractivity contribution in [1.29, 1.82) is 0 Å². The molecule has 0 aliphatic carbocycles. The molecule has 27 heavy (non-hydrogen) atoms. The number of anilines is 2. The fourth-order valence-corrected chi connectivity index (χ4v) is 4.46. The Balaban J connectivity index is 1.62. The number of benzene rings is 1. The molecule has 142 valence electrons. The van der Waals surface area contributed by atoms with Crippen LogP contribution in [0.1, 0.15) is 24.8 Å². The van der Waals surface area contributed by atoms with Gasteiger partial charge in [0.25, 0.3) is 5.82 Å². The standard InChI is InChI=1S/C21H25N3O3/c1-23-10-7-15(22)13-19(23)24-11-8-21(9-12-24)14-18(20(25)26-2)27-17-6-4-3-5-16(17)21/h3-7,10,13,18,22H,8-9,11-12,14H2,1-2H3/p+1. The second-order valence-corrected chi connectivity index (χ2v) is 7.53. The predicted octanol–water partition coefficient (Wildman–Crippen LogP) is 1.96. The Morgan fingerprint density at radius 1 is 1.30 bits per heavy atom. The van der Waals surface area contributed by atoms with Gasteiger partial charge in [0.05, 0.1) is 39.5 Å². The number of fused-ring (bicyclic) bond motifs is 2. The monoisotopic (exact) mass is 368 g/mol. The number of nitrogens with two attached hydrogens (primary N) is 1.